The molecule has 2 aliphatic rings. The number of carbonyl (C=O) groups excluding carboxylic acids is 1. The van der Waals surface area contributed by atoms with Crippen LogP contribution in [0.4, 0.5) is 0 Å². The summed E-state index contributed by atoms with van der Waals surface area (Å²) in [5.74, 6) is 0.752. The molecule has 5 heteroatoms. The van der Waals surface area contributed by atoms with Crippen LogP contribution in [0, 0.1) is 0 Å². The van der Waals surface area contributed by atoms with Crippen molar-refractivity contribution in [3.8, 4) is 0 Å². The van der Waals surface area contributed by atoms with E-state index in [0.717, 1.165) is 55.9 Å². The van der Waals surface area contributed by atoms with E-state index in [9.17, 15) is 4.79 Å². The van der Waals surface area contributed by atoms with E-state index in [2.05, 4.69) is 15.0 Å². The molecule has 1 fully saturated rings. The van der Waals surface area contributed by atoms with Crippen LogP contribution in [0.2, 0.25) is 0 Å². The van der Waals surface area contributed by atoms with Gasteiger partial charge in [-0.05, 0) is 39.3 Å². The summed E-state index contributed by atoms with van der Waals surface area (Å²) in [6, 6.07) is 1.97. The first-order valence-electron chi connectivity index (χ1n) is 7.62. The van der Waals surface area contributed by atoms with Crippen molar-refractivity contribution in [2.45, 2.75) is 38.5 Å². The number of carbonyl (C=O) groups is 1. The lowest BCUT2D eigenvalue weighted by molar-refractivity contribution is -0.114. The van der Waals surface area contributed by atoms with Gasteiger partial charge in [-0.1, -0.05) is 5.16 Å². The summed E-state index contributed by atoms with van der Waals surface area (Å²) in [4.78, 5) is 18.6. The Kier molecular flexibility index (Phi) is 4.29. The summed E-state index contributed by atoms with van der Waals surface area (Å²) in [5.41, 5.74) is 2.88. The monoisotopic (exact) mass is 287 g/mol. The van der Waals surface area contributed by atoms with E-state index in [1.807, 2.05) is 13.0 Å². The van der Waals surface area contributed by atoms with Gasteiger partial charge in [-0.25, -0.2) is 0 Å². The summed E-state index contributed by atoms with van der Waals surface area (Å²) >= 11 is 0. The lowest BCUT2D eigenvalue weighted by Gasteiger charge is -2.31. The zero-order valence-corrected chi connectivity index (χ0v) is 12.4. The molecule has 0 unspecified atom stereocenters. The van der Waals surface area contributed by atoms with Crippen molar-refractivity contribution in [1.82, 2.24) is 10.1 Å². The molecule has 0 saturated carbocycles. The summed E-state index contributed by atoms with van der Waals surface area (Å²) in [6.07, 6.45) is 6.85. The van der Waals surface area contributed by atoms with Gasteiger partial charge >= 0.3 is 0 Å². The Bertz CT molecular complexity index is 552. The first-order chi connectivity index (χ1) is 10.2. The predicted molar refractivity (Wildman–Crippen MR) is 80.4 cm³/mol. The molecular weight excluding hydrogens is 266 g/mol. The molecule has 0 radical (unpaired) electrons. The van der Waals surface area contributed by atoms with Crippen molar-refractivity contribution in [2.24, 2.45) is 4.99 Å². The molecule has 0 atom stereocenters. The first-order valence-corrected chi connectivity index (χ1v) is 7.62. The third-order valence-corrected chi connectivity index (χ3v) is 4.48. The molecule has 5 nitrogen and oxygen atoms in total. The summed E-state index contributed by atoms with van der Waals surface area (Å²) in [6.45, 7) is 4.99. The summed E-state index contributed by atoms with van der Waals surface area (Å²) in [7, 11) is 0. The van der Waals surface area contributed by atoms with Crippen LogP contribution in [0.1, 0.15) is 44.2 Å². The van der Waals surface area contributed by atoms with Gasteiger partial charge in [0.2, 0.25) is 0 Å². The maximum absolute atomic E-state index is 11.9. The largest absolute Gasteiger partial charge is 0.365 e. The number of ketones is 1. The van der Waals surface area contributed by atoms with Crippen molar-refractivity contribution < 1.29 is 9.32 Å². The number of Topliss-reactive ketones (excluding diaryl/α,β-unsaturated/α-hetero) is 1. The lowest BCUT2D eigenvalue weighted by Crippen LogP contribution is -2.34. The molecule has 0 N–H and O–H groups in total. The Morgan fingerprint density at radius 1 is 1.38 bits per heavy atom. The first kappa shape index (κ1) is 14.2. The molecule has 1 aromatic rings. The number of likely N-dealkylation sites (tertiary alicyclic amines) is 1. The number of aliphatic imine (C=N–C) groups is 1. The van der Waals surface area contributed by atoms with Gasteiger partial charge < -0.3 is 9.42 Å². The average Bonchev–Trinajstić information content (AvgIpc) is 3.02. The normalized spacial score (nSPS) is 21.3. The Hall–Kier alpha value is -1.75. The van der Waals surface area contributed by atoms with Crippen LogP contribution in [0.3, 0.4) is 0 Å². The van der Waals surface area contributed by atoms with E-state index >= 15 is 0 Å². The van der Waals surface area contributed by atoms with Crippen molar-refractivity contribution >= 4 is 12.0 Å². The zero-order chi connectivity index (χ0) is 14.7. The number of allylic oxidation sites excluding steroid dienone is 1. The quantitative estimate of drug-likeness (QED) is 0.854. The van der Waals surface area contributed by atoms with E-state index in [4.69, 9.17) is 4.52 Å². The zero-order valence-electron chi connectivity index (χ0n) is 12.4. The molecule has 21 heavy (non-hydrogen) atoms. The van der Waals surface area contributed by atoms with Crippen molar-refractivity contribution in [3.63, 3.8) is 0 Å². The Morgan fingerprint density at radius 2 is 2.19 bits per heavy atom. The third kappa shape index (κ3) is 3.29. The van der Waals surface area contributed by atoms with Crippen LogP contribution in [0.5, 0.6) is 0 Å². The third-order valence-electron chi connectivity index (χ3n) is 4.48. The van der Waals surface area contributed by atoms with Gasteiger partial charge in [0.25, 0.3) is 0 Å². The molecule has 3 heterocycles. The SMILES string of the molecule is CC1=C(CCN2CCC(c3ccon3)CC2)C(=O)CC=N1. The minimum Gasteiger partial charge on any atom is -0.365 e. The number of nitrogens with zero attached hydrogens (tertiary/aromatic N) is 3. The number of aromatic nitrogens is 1. The van der Waals surface area contributed by atoms with Gasteiger partial charge in [0, 0.05) is 42.4 Å². The second kappa shape index (κ2) is 6.35. The van der Waals surface area contributed by atoms with Gasteiger partial charge in [-0.3, -0.25) is 9.79 Å². The van der Waals surface area contributed by atoms with E-state index in [1.54, 1.807) is 12.5 Å². The van der Waals surface area contributed by atoms with Gasteiger partial charge in [0.05, 0.1) is 5.69 Å². The van der Waals surface area contributed by atoms with E-state index in [1.165, 1.54) is 0 Å². The average molecular weight is 287 g/mol. The maximum Gasteiger partial charge on any atom is 0.166 e. The molecule has 0 amide bonds. The molecule has 0 aliphatic carbocycles. The fraction of sp³-hybridized carbons (Fsp3) is 0.562. The highest BCUT2D eigenvalue weighted by Gasteiger charge is 2.23. The maximum atomic E-state index is 11.9. The minimum absolute atomic E-state index is 0.236. The van der Waals surface area contributed by atoms with Gasteiger partial charge in [0.15, 0.2) is 5.78 Å². The van der Waals surface area contributed by atoms with E-state index in [0.29, 0.717) is 12.3 Å². The molecule has 3 rings (SSSR count). The molecule has 2 aliphatic heterocycles. The number of hydrogen-bond acceptors (Lipinski definition) is 5. The highest BCUT2D eigenvalue weighted by atomic mass is 16.5. The molecule has 1 aromatic heterocycles. The Balaban J connectivity index is 1.50. The van der Waals surface area contributed by atoms with Crippen LogP contribution in [0.25, 0.3) is 0 Å². The lowest BCUT2D eigenvalue weighted by atomic mass is 9.93. The van der Waals surface area contributed by atoms with E-state index < -0.39 is 0 Å². The highest BCUT2D eigenvalue weighted by Crippen LogP contribution is 2.27. The smallest absolute Gasteiger partial charge is 0.166 e. The second-order valence-electron chi connectivity index (χ2n) is 5.79. The molecule has 0 spiro atoms. The van der Waals surface area contributed by atoms with Crippen LogP contribution in [0.15, 0.2) is 33.1 Å². The standard InChI is InChI=1S/C16H21N3O2/c1-12-14(16(20)2-7-17-12)5-10-19-8-3-13(4-9-19)15-6-11-21-18-15/h6-7,11,13H,2-5,8-10H2,1H3. The topological polar surface area (TPSA) is 58.7 Å². The van der Waals surface area contributed by atoms with Crippen LogP contribution >= 0.6 is 0 Å². The van der Waals surface area contributed by atoms with Crippen molar-refractivity contribution in [3.05, 3.63) is 29.3 Å². The summed E-state index contributed by atoms with van der Waals surface area (Å²) in [5, 5.41) is 4.04. The summed E-state index contributed by atoms with van der Waals surface area (Å²) < 4.78 is 4.92. The van der Waals surface area contributed by atoms with Crippen LogP contribution < -0.4 is 0 Å². The number of rotatable bonds is 4. The van der Waals surface area contributed by atoms with Crippen LogP contribution in [-0.2, 0) is 4.79 Å². The highest BCUT2D eigenvalue weighted by molar-refractivity contribution is 6.05. The molecular formula is C16H21N3O2. The van der Waals surface area contributed by atoms with Crippen molar-refractivity contribution in [1.29, 1.82) is 0 Å². The van der Waals surface area contributed by atoms with Gasteiger partial charge in [-0.15, -0.1) is 0 Å². The Labute approximate surface area is 124 Å². The second-order valence-corrected chi connectivity index (χ2v) is 5.79. The number of piperidine rings is 1. The predicted octanol–water partition coefficient (Wildman–Crippen LogP) is 2.56. The number of hydrogen-bond donors (Lipinski definition) is 0. The van der Waals surface area contributed by atoms with Gasteiger partial charge in [0.1, 0.15) is 6.26 Å². The van der Waals surface area contributed by atoms with Gasteiger partial charge in [-0.2, -0.15) is 0 Å². The molecule has 0 bridgehead atoms. The molecule has 0 aromatic carbocycles. The van der Waals surface area contributed by atoms with Crippen LogP contribution in [-0.4, -0.2) is 41.7 Å². The molecule has 1 saturated heterocycles. The fourth-order valence-corrected chi connectivity index (χ4v) is 3.14. The fourth-order valence-electron chi connectivity index (χ4n) is 3.14. The van der Waals surface area contributed by atoms with Crippen molar-refractivity contribution in [2.75, 3.05) is 19.6 Å². The minimum atomic E-state index is 0.236. The Morgan fingerprint density at radius 3 is 2.86 bits per heavy atom. The van der Waals surface area contributed by atoms with E-state index in [-0.39, 0.29) is 5.78 Å². The molecule has 112 valence electrons.